The zero-order chi connectivity index (χ0) is 15.3. The van der Waals surface area contributed by atoms with Gasteiger partial charge < -0.3 is 21.7 Å². The van der Waals surface area contributed by atoms with E-state index in [1.165, 1.54) is 17.0 Å². The summed E-state index contributed by atoms with van der Waals surface area (Å²) in [5.74, 6) is -1.35. The van der Waals surface area contributed by atoms with E-state index in [0.717, 1.165) is 0 Å². The number of primary amides is 2. The first-order chi connectivity index (χ1) is 9.33. The molecule has 0 aliphatic carbocycles. The number of anilines is 2. The molecule has 108 valence electrons. The van der Waals surface area contributed by atoms with Crippen molar-refractivity contribution in [2.24, 2.45) is 11.5 Å². The second-order valence-electron chi connectivity index (χ2n) is 4.03. The van der Waals surface area contributed by atoms with E-state index in [0.29, 0.717) is 11.4 Å². The summed E-state index contributed by atoms with van der Waals surface area (Å²) < 4.78 is 0. The quantitative estimate of drug-likeness (QED) is 0.450. The van der Waals surface area contributed by atoms with E-state index in [2.05, 4.69) is 5.32 Å². The van der Waals surface area contributed by atoms with Crippen molar-refractivity contribution >= 4 is 28.9 Å². The maximum atomic E-state index is 11.0. The summed E-state index contributed by atoms with van der Waals surface area (Å²) in [5.41, 5.74) is 10.8. The highest BCUT2D eigenvalue weighted by Gasteiger charge is 2.17. The molecular weight excluding hydrogens is 266 g/mol. The Morgan fingerprint density at radius 2 is 1.80 bits per heavy atom. The molecular formula is C11H15N5O4. The highest BCUT2D eigenvalue weighted by molar-refractivity contribution is 5.85. The van der Waals surface area contributed by atoms with Gasteiger partial charge in [0.15, 0.2) is 0 Å². The SMILES string of the molecule is CNc1cc(N(CC(N)=O)CC(N)=O)cc([N+](=O)[O-])c1. The predicted octanol–water partition coefficient (Wildman–Crippen LogP) is -0.586. The highest BCUT2D eigenvalue weighted by Crippen LogP contribution is 2.26. The van der Waals surface area contributed by atoms with E-state index in [1.54, 1.807) is 13.1 Å². The van der Waals surface area contributed by atoms with Gasteiger partial charge in [0.05, 0.1) is 18.0 Å². The molecule has 0 heterocycles. The minimum atomic E-state index is -0.677. The molecule has 0 saturated heterocycles. The number of nitrogens with one attached hydrogen (secondary N) is 1. The normalized spacial score (nSPS) is 9.85. The summed E-state index contributed by atoms with van der Waals surface area (Å²) in [6.07, 6.45) is 0. The Morgan fingerprint density at radius 3 is 2.20 bits per heavy atom. The number of non-ortho nitro benzene ring substituents is 1. The van der Waals surface area contributed by atoms with Gasteiger partial charge in [-0.3, -0.25) is 19.7 Å². The fraction of sp³-hybridized carbons (Fsp3) is 0.273. The molecule has 9 nitrogen and oxygen atoms in total. The summed E-state index contributed by atoms with van der Waals surface area (Å²) in [5, 5.41) is 13.6. The second kappa shape index (κ2) is 6.36. The standard InChI is InChI=1S/C11H15N5O4/c1-14-7-2-8(4-9(3-7)16(19)20)15(5-10(12)17)6-11(13)18/h2-4,14H,5-6H2,1H3,(H2,12,17)(H2,13,18). The highest BCUT2D eigenvalue weighted by atomic mass is 16.6. The molecule has 20 heavy (non-hydrogen) atoms. The lowest BCUT2D eigenvalue weighted by Crippen LogP contribution is -2.39. The number of amides is 2. The molecule has 0 fully saturated rings. The zero-order valence-electron chi connectivity index (χ0n) is 10.8. The first-order valence-corrected chi connectivity index (χ1v) is 5.62. The third kappa shape index (κ3) is 4.12. The van der Waals surface area contributed by atoms with Crippen LogP contribution in [-0.4, -0.2) is 36.9 Å². The van der Waals surface area contributed by atoms with Crippen LogP contribution < -0.4 is 21.7 Å². The molecule has 1 aromatic carbocycles. The number of nitro groups is 1. The number of nitro benzene ring substituents is 1. The van der Waals surface area contributed by atoms with Gasteiger partial charge in [-0.1, -0.05) is 0 Å². The maximum absolute atomic E-state index is 11.0. The van der Waals surface area contributed by atoms with Gasteiger partial charge in [0.1, 0.15) is 0 Å². The predicted molar refractivity (Wildman–Crippen MR) is 73.2 cm³/mol. The van der Waals surface area contributed by atoms with E-state index >= 15 is 0 Å². The van der Waals surface area contributed by atoms with Crippen molar-refractivity contribution in [3.8, 4) is 0 Å². The molecule has 0 atom stereocenters. The van der Waals surface area contributed by atoms with E-state index in [4.69, 9.17) is 11.5 Å². The van der Waals surface area contributed by atoms with Crippen LogP contribution in [-0.2, 0) is 9.59 Å². The Bertz CT molecular complexity index is 530. The fourth-order valence-corrected chi connectivity index (χ4v) is 1.64. The maximum Gasteiger partial charge on any atom is 0.273 e. The second-order valence-corrected chi connectivity index (χ2v) is 4.03. The largest absolute Gasteiger partial charge is 0.388 e. The molecule has 0 saturated carbocycles. The van der Waals surface area contributed by atoms with Crippen molar-refractivity contribution in [3.05, 3.63) is 28.3 Å². The number of hydrogen-bond acceptors (Lipinski definition) is 6. The van der Waals surface area contributed by atoms with Crippen LogP contribution in [0.25, 0.3) is 0 Å². The van der Waals surface area contributed by atoms with Crippen LogP contribution in [0.1, 0.15) is 0 Å². The number of carbonyl (C=O) groups is 2. The van der Waals surface area contributed by atoms with Crippen LogP contribution in [0, 0.1) is 10.1 Å². The van der Waals surface area contributed by atoms with E-state index < -0.39 is 16.7 Å². The summed E-state index contributed by atoms with van der Waals surface area (Å²) in [6, 6.07) is 4.13. The topological polar surface area (TPSA) is 145 Å². The minimum absolute atomic E-state index is 0.175. The van der Waals surface area contributed by atoms with Crippen molar-refractivity contribution in [2.45, 2.75) is 0 Å². The average Bonchev–Trinajstić information content (AvgIpc) is 2.36. The van der Waals surface area contributed by atoms with Crippen molar-refractivity contribution in [3.63, 3.8) is 0 Å². The number of rotatable bonds is 7. The number of nitrogens with zero attached hydrogens (tertiary/aromatic N) is 2. The molecule has 1 aromatic rings. The van der Waals surface area contributed by atoms with E-state index in [1.807, 2.05) is 0 Å². The number of carbonyl (C=O) groups excluding carboxylic acids is 2. The first kappa shape index (κ1) is 15.2. The molecule has 1 rings (SSSR count). The van der Waals surface area contributed by atoms with Gasteiger partial charge in [0, 0.05) is 30.6 Å². The minimum Gasteiger partial charge on any atom is -0.388 e. The van der Waals surface area contributed by atoms with Gasteiger partial charge in [-0.05, 0) is 6.07 Å². The van der Waals surface area contributed by atoms with Crippen LogP contribution in [0.15, 0.2) is 18.2 Å². The number of benzene rings is 1. The monoisotopic (exact) mass is 281 g/mol. The van der Waals surface area contributed by atoms with Crippen molar-refractivity contribution in [1.29, 1.82) is 0 Å². The molecule has 0 spiro atoms. The van der Waals surface area contributed by atoms with Crippen molar-refractivity contribution in [1.82, 2.24) is 0 Å². The van der Waals surface area contributed by atoms with Gasteiger partial charge in [0.25, 0.3) is 5.69 Å². The van der Waals surface area contributed by atoms with E-state index in [9.17, 15) is 19.7 Å². The lowest BCUT2D eigenvalue weighted by Gasteiger charge is -2.22. The molecule has 0 aliphatic rings. The molecule has 5 N–H and O–H groups in total. The Kier molecular flexibility index (Phi) is 4.84. The van der Waals surface area contributed by atoms with Crippen LogP contribution in [0.4, 0.5) is 17.1 Å². The summed E-state index contributed by atoms with van der Waals surface area (Å²) in [7, 11) is 1.59. The smallest absolute Gasteiger partial charge is 0.273 e. The van der Waals surface area contributed by atoms with E-state index in [-0.39, 0.29) is 18.8 Å². The molecule has 0 aromatic heterocycles. The van der Waals surface area contributed by atoms with Gasteiger partial charge in [0.2, 0.25) is 11.8 Å². The zero-order valence-corrected chi connectivity index (χ0v) is 10.8. The summed E-state index contributed by atoms with van der Waals surface area (Å²) >= 11 is 0. The average molecular weight is 281 g/mol. The van der Waals surface area contributed by atoms with Crippen molar-refractivity contribution in [2.75, 3.05) is 30.4 Å². The van der Waals surface area contributed by atoms with Gasteiger partial charge in [-0.15, -0.1) is 0 Å². The molecule has 9 heteroatoms. The van der Waals surface area contributed by atoms with Gasteiger partial charge in [-0.25, -0.2) is 0 Å². The molecule has 0 unspecified atom stereocenters. The van der Waals surface area contributed by atoms with Crippen LogP contribution in [0.2, 0.25) is 0 Å². The summed E-state index contributed by atoms with van der Waals surface area (Å²) in [4.78, 5) is 33.6. The number of hydrogen-bond donors (Lipinski definition) is 3. The van der Waals surface area contributed by atoms with Gasteiger partial charge >= 0.3 is 0 Å². The third-order valence-corrected chi connectivity index (χ3v) is 2.46. The first-order valence-electron chi connectivity index (χ1n) is 5.62. The third-order valence-electron chi connectivity index (χ3n) is 2.46. The lowest BCUT2D eigenvalue weighted by molar-refractivity contribution is -0.384. The Labute approximate surface area is 114 Å². The van der Waals surface area contributed by atoms with Crippen LogP contribution >= 0.6 is 0 Å². The lowest BCUT2D eigenvalue weighted by atomic mass is 10.2. The Morgan fingerprint density at radius 1 is 1.25 bits per heavy atom. The van der Waals surface area contributed by atoms with Gasteiger partial charge in [-0.2, -0.15) is 0 Å². The Hall–Kier alpha value is -2.84. The molecule has 2 amide bonds. The van der Waals surface area contributed by atoms with Crippen LogP contribution in [0.3, 0.4) is 0 Å². The van der Waals surface area contributed by atoms with Crippen LogP contribution in [0.5, 0.6) is 0 Å². The fourth-order valence-electron chi connectivity index (χ4n) is 1.64. The molecule has 0 bridgehead atoms. The Balaban J connectivity index is 3.22. The molecule has 0 aliphatic heterocycles. The van der Waals surface area contributed by atoms with Crippen molar-refractivity contribution < 1.29 is 14.5 Å². The number of nitrogens with two attached hydrogens (primary N) is 2. The molecule has 0 radical (unpaired) electrons. The summed E-state index contributed by atoms with van der Waals surface area (Å²) in [6.45, 7) is -0.541.